The molecule has 1 aromatic carbocycles. The molecule has 0 spiro atoms. The molecule has 0 fully saturated rings. The first-order chi connectivity index (χ1) is 13.4. The van der Waals surface area contributed by atoms with E-state index in [0.29, 0.717) is 47.5 Å². The predicted molar refractivity (Wildman–Crippen MR) is 109 cm³/mol. The molecule has 0 radical (unpaired) electrons. The molecule has 0 atom stereocenters. The molecule has 1 aromatic heterocycles. The lowest BCUT2D eigenvalue weighted by molar-refractivity contribution is -0.116. The first kappa shape index (κ1) is 20.1. The van der Waals surface area contributed by atoms with Gasteiger partial charge in [0.05, 0.1) is 10.7 Å². The lowest BCUT2D eigenvalue weighted by atomic mass is 10.2. The lowest BCUT2D eigenvalue weighted by Gasteiger charge is -2.21. The number of nitrogens with one attached hydrogen (secondary N) is 1. The van der Waals surface area contributed by atoms with Crippen molar-refractivity contribution in [3.63, 3.8) is 0 Å². The molecule has 1 aliphatic rings. The summed E-state index contributed by atoms with van der Waals surface area (Å²) in [7, 11) is 0. The SMILES string of the molecule is CCN(CC(=O)Nc1ccc2c(c1)OCCO2)C(=O)c1sc(C(C)C)nc1C. The zero-order valence-electron chi connectivity index (χ0n) is 16.6. The van der Waals surface area contributed by atoms with E-state index >= 15 is 0 Å². The molecular formula is C20H25N3O4S. The molecule has 0 aliphatic carbocycles. The van der Waals surface area contributed by atoms with Crippen LogP contribution in [0.2, 0.25) is 0 Å². The van der Waals surface area contributed by atoms with Crippen molar-refractivity contribution in [1.82, 2.24) is 9.88 Å². The number of aryl methyl sites for hydroxylation is 1. The highest BCUT2D eigenvalue weighted by Gasteiger charge is 2.23. The number of nitrogens with zero attached hydrogens (tertiary/aromatic N) is 2. The van der Waals surface area contributed by atoms with Crippen molar-refractivity contribution in [2.45, 2.75) is 33.6 Å². The van der Waals surface area contributed by atoms with E-state index in [2.05, 4.69) is 10.3 Å². The van der Waals surface area contributed by atoms with Crippen LogP contribution in [0.25, 0.3) is 0 Å². The van der Waals surface area contributed by atoms with E-state index < -0.39 is 0 Å². The standard InChI is InChI=1S/C20H25N3O4S/c1-5-23(20(25)18-13(4)21-19(28-18)12(2)3)11-17(24)22-14-6-7-15-16(10-14)27-9-8-26-15/h6-7,10,12H,5,8-9,11H2,1-4H3,(H,22,24). The van der Waals surface area contributed by atoms with Gasteiger partial charge < -0.3 is 19.7 Å². The van der Waals surface area contributed by atoms with E-state index in [0.717, 1.165) is 5.01 Å². The fourth-order valence-corrected chi connectivity index (χ4v) is 3.87. The Labute approximate surface area is 168 Å². The first-order valence-corrected chi connectivity index (χ1v) is 10.2. The van der Waals surface area contributed by atoms with Crippen LogP contribution in [0.15, 0.2) is 18.2 Å². The number of amides is 2. The number of hydrogen-bond donors (Lipinski definition) is 1. The number of carbonyl (C=O) groups excluding carboxylic acids is 2. The third kappa shape index (κ3) is 4.44. The molecule has 1 N–H and O–H groups in total. The largest absolute Gasteiger partial charge is 0.486 e. The summed E-state index contributed by atoms with van der Waals surface area (Å²) in [6.45, 7) is 9.18. The second-order valence-corrected chi connectivity index (χ2v) is 7.88. The smallest absolute Gasteiger partial charge is 0.266 e. The Morgan fingerprint density at radius 1 is 1.25 bits per heavy atom. The van der Waals surface area contributed by atoms with Crippen molar-refractivity contribution in [3.05, 3.63) is 33.8 Å². The number of benzene rings is 1. The minimum atomic E-state index is -0.266. The minimum absolute atomic E-state index is 0.0296. The second-order valence-electron chi connectivity index (χ2n) is 6.85. The van der Waals surface area contributed by atoms with Crippen molar-refractivity contribution in [3.8, 4) is 11.5 Å². The van der Waals surface area contributed by atoms with Crippen LogP contribution in [0.5, 0.6) is 11.5 Å². The normalized spacial score (nSPS) is 12.8. The van der Waals surface area contributed by atoms with E-state index in [4.69, 9.17) is 9.47 Å². The second kappa shape index (κ2) is 8.60. The highest BCUT2D eigenvalue weighted by atomic mass is 32.1. The van der Waals surface area contributed by atoms with Gasteiger partial charge in [-0.05, 0) is 26.0 Å². The molecule has 150 valence electrons. The Balaban J connectivity index is 1.67. The van der Waals surface area contributed by atoms with Gasteiger partial charge in [-0.3, -0.25) is 9.59 Å². The average molecular weight is 404 g/mol. The third-order valence-corrected chi connectivity index (χ3v) is 5.78. The highest BCUT2D eigenvalue weighted by molar-refractivity contribution is 7.13. The maximum atomic E-state index is 12.9. The van der Waals surface area contributed by atoms with Crippen molar-refractivity contribution in [2.24, 2.45) is 0 Å². The minimum Gasteiger partial charge on any atom is -0.486 e. The van der Waals surface area contributed by atoms with E-state index in [1.807, 2.05) is 27.7 Å². The van der Waals surface area contributed by atoms with Crippen molar-refractivity contribution >= 4 is 28.8 Å². The first-order valence-electron chi connectivity index (χ1n) is 9.35. The number of carbonyl (C=O) groups is 2. The van der Waals surface area contributed by atoms with Crippen LogP contribution in [0.1, 0.15) is 47.1 Å². The summed E-state index contributed by atoms with van der Waals surface area (Å²) >= 11 is 1.40. The van der Waals surface area contributed by atoms with E-state index in [9.17, 15) is 9.59 Å². The number of rotatable bonds is 6. The summed E-state index contributed by atoms with van der Waals surface area (Å²) in [4.78, 5) is 32.0. The van der Waals surface area contributed by atoms with Gasteiger partial charge >= 0.3 is 0 Å². The molecule has 0 saturated carbocycles. The quantitative estimate of drug-likeness (QED) is 0.799. The molecule has 2 heterocycles. The number of fused-ring (bicyclic) bond motifs is 1. The lowest BCUT2D eigenvalue weighted by Crippen LogP contribution is -2.37. The van der Waals surface area contributed by atoms with Gasteiger partial charge in [0.2, 0.25) is 5.91 Å². The van der Waals surface area contributed by atoms with Crippen molar-refractivity contribution in [1.29, 1.82) is 0 Å². The van der Waals surface area contributed by atoms with Gasteiger partial charge in [0.25, 0.3) is 5.91 Å². The number of thiazole rings is 1. The fourth-order valence-electron chi connectivity index (χ4n) is 2.83. The molecular weight excluding hydrogens is 378 g/mol. The predicted octanol–water partition coefficient (Wildman–Crippen LogP) is 3.45. The summed E-state index contributed by atoms with van der Waals surface area (Å²) in [5, 5.41) is 3.75. The molecule has 0 bridgehead atoms. The Bertz CT molecular complexity index is 878. The fraction of sp³-hybridized carbons (Fsp3) is 0.450. The Morgan fingerprint density at radius 2 is 1.96 bits per heavy atom. The molecule has 0 unspecified atom stereocenters. The summed E-state index contributed by atoms with van der Waals surface area (Å²) in [6, 6.07) is 5.25. The monoisotopic (exact) mass is 403 g/mol. The molecule has 2 amide bonds. The van der Waals surface area contributed by atoms with Gasteiger partial charge in [-0.25, -0.2) is 4.98 Å². The Morgan fingerprint density at radius 3 is 2.61 bits per heavy atom. The van der Waals surface area contributed by atoms with Crippen LogP contribution >= 0.6 is 11.3 Å². The van der Waals surface area contributed by atoms with Crippen molar-refractivity contribution < 1.29 is 19.1 Å². The average Bonchev–Trinajstić information content (AvgIpc) is 3.07. The van der Waals surface area contributed by atoms with Crippen LogP contribution in [-0.4, -0.2) is 48.0 Å². The van der Waals surface area contributed by atoms with E-state index in [1.54, 1.807) is 18.2 Å². The molecule has 1 aliphatic heterocycles. The van der Waals surface area contributed by atoms with Gasteiger partial charge in [0, 0.05) is 24.2 Å². The number of likely N-dealkylation sites (N-methyl/N-ethyl adjacent to an activating group) is 1. The summed E-state index contributed by atoms with van der Waals surface area (Å²) in [5.74, 6) is 1.10. The summed E-state index contributed by atoms with van der Waals surface area (Å²) in [6.07, 6.45) is 0. The van der Waals surface area contributed by atoms with Crippen LogP contribution in [0.3, 0.4) is 0 Å². The molecule has 3 rings (SSSR count). The number of hydrogen-bond acceptors (Lipinski definition) is 6. The van der Waals surface area contributed by atoms with Crippen LogP contribution in [-0.2, 0) is 4.79 Å². The van der Waals surface area contributed by atoms with Crippen LogP contribution < -0.4 is 14.8 Å². The maximum Gasteiger partial charge on any atom is 0.266 e. The van der Waals surface area contributed by atoms with Gasteiger partial charge in [-0.2, -0.15) is 0 Å². The topological polar surface area (TPSA) is 80.8 Å². The molecule has 8 heteroatoms. The summed E-state index contributed by atoms with van der Waals surface area (Å²) in [5.41, 5.74) is 1.32. The van der Waals surface area contributed by atoms with Gasteiger partial charge in [-0.15, -0.1) is 11.3 Å². The Kier molecular flexibility index (Phi) is 6.18. The van der Waals surface area contributed by atoms with Gasteiger partial charge in [0.15, 0.2) is 11.5 Å². The molecule has 0 saturated heterocycles. The van der Waals surface area contributed by atoms with Gasteiger partial charge in [0.1, 0.15) is 24.6 Å². The zero-order valence-corrected chi connectivity index (χ0v) is 17.4. The van der Waals surface area contributed by atoms with E-state index in [-0.39, 0.29) is 24.3 Å². The number of aromatic nitrogens is 1. The molecule has 28 heavy (non-hydrogen) atoms. The maximum absolute atomic E-state index is 12.9. The van der Waals surface area contributed by atoms with Crippen LogP contribution in [0.4, 0.5) is 5.69 Å². The van der Waals surface area contributed by atoms with Crippen molar-refractivity contribution in [2.75, 3.05) is 31.6 Å². The summed E-state index contributed by atoms with van der Waals surface area (Å²) < 4.78 is 11.0. The third-order valence-electron chi connectivity index (χ3n) is 4.33. The Hall–Kier alpha value is -2.61. The number of ether oxygens (including phenoxy) is 2. The highest BCUT2D eigenvalue weighted by Crippen LogP contribution is 2.32. The van der Waals surface area contributed by atoms with E-state index in [1.165, 1.54) is 16.2 Å². The molecule has 2 aromatic rings. The van der Waals surface area contributed by atoms with Crippen LogP contribution in [0, 0.1) is 6.92 Å². The zero-order chi connectivity index (χ0) is 20.3. The number of anilines is 1. The van der Waals surface area contributed by atoms with Gasteiger partial charge in [-0.1, -0.05) is 13.8 Å². The molecule has 7 nitrogen and oxygen atoms in total.